The van der Waals surface area contributed by atoms with E-state index in [9.17, 15) is 4.79 Å². The Morgan fingerprint density at radius 3 is 2.61 bits per heavy atom. The Labute approximate surface area is 197 Å². The van der Waals surface area contributed by atoms with E-state index in [1.54, 1.807) is 11.3 Å². The fourth-order valence-electron chi connectivity index (χ4n) is 2.97. The van der Waals surface area contributed by atoms with Crippen molar-refractivity contribution in [3.63, 3.8) is 0 Å². The number of nitrogens with one attached hydrogen (secondary N) is 1. The van der Waals surface area contributed by atoms with Crippen molar-refractivity contribution in [1.29, 1.82) is 0 Å². The summed E-state index contributed by atoms with van der Waals surface area (Å²) in [4.78, 5) is 18.2. The van der Waals surface area contributed by atoms with Crippen molar-refractivity contribution < 1.29 is 4.79 Å². The molecular weight excluding hydrogens is 470 g/mol. The summed E-state index contributed by atoms with van der Waals surface area (Å²) in [5.74, 6) is 0.923. The first-order valence-electron chi connectivity index (χ1n) is 9.55. The maximum atomic E-state index is 12.5. The zero-order valence-corrected chi connectivity index (χ0v) is 20.3. The monoisotopic (exact) mass is 489 g/mol. The van der Waals surface area contributed by atoms with Gasteiger partial charge in [-0.3, -0.25) is 9.36 Å². The van der Waals surface area contributed by atoms with Crippen LogP contribution in [0.1, 0.15) is 24.8 Å². The van der Waals surface area contributed by atoms with Crippen LogP contribution in [0.2, 0.25) is 5.02 Å². The molecule has 0 atom stereocenters. The maximum absolute atomic E-state index is 12.5. The average molecular weight is 490 g/mol. The van der Waals surface area contributed by atoms with Gasteiger partial charge in [-0.1, -0.05) is 35.5 Å². The number of hydrogen-bond donors (Lipinski definition) is 1. The number of halogens is 1. The SMILES string of the molecule is Cc1cc(-c2nnc(SCC(=O)Nc3nc(-c4ccc(Cl)cc4)cs3)n2C(C)C)cs1. The number of thiophene rings is 1. The largest absolute Gasteiger partial charge is 0.301 e. The number of aromatic nitrogens is 4. The predicted molar refractivity (Wildman–Crippen MR) is 130 cm³/mol. The van der Waals surface area contributed by atoms with Crippen molar-refractivity contribution in [2.24, 2.45) is 0 Å². The minimum Gasteiger partial charge on any atom is -0.301 e. The Hall–Kier alpha value is -2.20. The van der Waals surface area contributed by atoms with E-state index < -0.39 is 0 Å². The molecule has 0 aliphatic rings. The molecule has 0 spiro atoms. The summed E-state index contributed by atoms with van der Waals surface area (Å²) in [5.41, 5.74) is 2.81. The second-order valence-electron chi connectivity index (χ2n) is 7.10. The van der Waals surface area contributed by atoms with Crippen LogP contribution in [0, 0.1) is 6.92 Å². The highest BCUT2D eigenvalue weighted by atomic mass is 35.5. The summed E-state index contributed by atoms with van der Waals surface area (Å²) < 4.78 is 2.07. The van der Waals surface area contributed by atoms with Crippen LogP contribution in [0.15, 0.2) is 46.2 Å². The highest BCUT2D eigenvalue weighted by Crippen LogP contribution is 2.31. The molecule has 1 amide bonds. The minimum absolute atomic E-state index is 0.131. The van der Waals surface area contributed by atoms with Gasteiger partial charge in [0.2, 0.25) is 5.91 Å². The van der Waals surface area contributed by atoms with Gasteiger partial charge in [-0.15, -0.1) is 32.9 Å². The average Bonchev–Trinajstić information content (AvgIpc) is 3.46. The molecule has 4 rings (SSSR count). The highest BCUT2D eigenvalue weighted by Gasteiger charge is 2.19. The van der Waals surface area contributed by atoms with Gasteiger partial charge in [0.05, 0.1) is 11.4 Å². The number of carbonyl (C=O) groups excluding carboxylic acids is 1. The van der Waals surface area contributed by atoms with Crippen molar-refractivity contribution in [3.05, 3.63) is 51.0 Å². The summed E-state index contributed by atoms with van der Waals surface area (Å²) in [7, 11) is 0. The van der Waals surface area contributed by atoms with Crippen molar-refractivity contribution in [1.82, 2.24) is 19.7 Å². The number of hydrogen-bond acceptors (Lipinski definition) is 7. The summed E-state index contributed by atoms with van der Waals surface area (Å²) in [6, 6.07) is 9.74. The number of rotatable bonds is 7. The van der Waals surface area contributed by atoms with Crippen LogP contribution in [-0.4, -0.2) is 31.4 Å². The number of nitrogens with zero attached hydrogens (tertiary/aromatic N) is 4. The molecule has 4 aromatic rings. The number of benzene rings is 1. The molecule has 10 heteroatoms. The molecule has 1 aromatic carbocycles. The summed E-state index contributed by atoms with van der Waals surface area (Å²) in [6.07, 6.45) is 0. The molecule has 3 heterocycles. The van der Waals surface area contributed by atoms with E-state index in [4.69, 9.17) is 11.6 Å². The maximum Gasteiger partial charge on any atom is 0.236 e. The number of aryl methyl sites for hydroxylation is 1. The molecule has 1 N–H and O–H groups in total. The quantitative estimate of drug-likeness (QED) is 0.304. The molecule has 160 valence electrons. The lowest BCUT2D eigenvalue weighted by molar-refractivity contribution is -0.113. The van der Waals surface area contributed by atoms with Gasteiger partial charge in [0.15, 0.2) is 16.1 Å². The van der Waals surface area contributed by atoms with Gasteiger partial charge < -0.3 is 5.32 Å². The third-order valence-electron chi connectivity index (χ3n) is 4.39. The third-order valence-corrected chi connectivity index (χ3v) is 7.21. The van der Waals surface area contributed by atoms with Gasteiger partial charge in [0, 0.05) is 37.8 Å². The summed E-state index contributed by atoms with van der Waals surface area (Å²) in [6.45, 7) is 6.25. The van der Waals surface area contributed by atoms with Crippen LogP contribution < -0.4 is 5.32 Å². The Kier molecular flexibility index (Phi) is 6.76. The van der Waals surface area contributed by atoms with E-state index in [0.29, 0.717) is 10.2 Å². The lowest BCUT2D eigenvalue weighted by Crippen LogP contribution is -2.15. The lowest BCUT2D eigenvalue weighted by Gasteiger charge is -2.12. The number of amides is 1. The minimum atomic E-state index is -0.131. The van der Waals surface area contributed by atoms with E-state index >= 15 is 0 Å². The van der Waals surface area contributed by atoms with E-state index in [1.165, 1.54) is 28.0 Å². The Bertz CT molecular complexity index is 1200. The van der Waals surface area contributed by atoms with E-state index in [0.717, 1.165) is 27.8 Å². The van der Waals surface area contributed by atoms with Crippen LogP contribution in [-0.2, 0) is 4.79 Å². The van der Waals surface area contributed by atoms with Crippen molar-refractivity contribution in [3.8, 4) is 22.6 Å². The molecule has 0 aliphatic carbocycles. The molecule has 0 radical (unpaired) electrons. The molecule has 0 unspecified atom stereocenters. The van der Waals surface area contributed by atoms with Gasteiger partial charge in [-0.05, 0) is 39.0 Å². The molecule has 0 fully saturated rings. The van der Waals surface area contributed by atoms with Crippen molar-refractivity contribution in [2.75, 3.05) is 11.1 Å². The topological polar surface area (TPSA) is 72.7 Å². The normalized spacial score (nSPS) is 11.3. The Balaban J connectivity index is 1.41. The van der Waals surface area contributed by atoms with Gasteiger partial charge in [-0.2, -0.15) is 0 Å². The second-order valence-corrected chi connectivity index (χ2v) is 10.4. The van der Waals surface area contributed by atoms with Crippen LogP contribution in [0.4, 0.5) is 5.13 Å². The van der Waals surface area contributed by atoms with Crippen LogP contribution in [0.3, 0.4) is 0 Å². The zero-order valence-electron chi connectivity index (χ0n) is 17.1. The van der Waals surface area contributed by atoms with Crippen molar-refractivity contribution in [2.45, 2.75) is 32.0 Å². The molecule has 3 aromatic heterocycles. The van der Waals surface area contributed by atoms with Gasteiger partial charge in [0.1, 0.15) is 0 Å². The van der Waals surface area contributed by atoms with Gasteiger partial charge >= 0.3 is 0 Å². The van der Waals surface area contributed by atoms with E-state index in [1.807, 2.05) is 29.6 Å². The van der Waals surface area contributed by atoms with Crippen LogP contribution in [0.5, 0.6) is 0 Å². The third kappa shape index (κ3) is 5.17. The fraction of sp³-hybridized carbons (Fsp3) is 0.238. The summed E-state index contributed by atoms with van der Waals surface area (Å²) in [5, 5.41) is 17.5. The number of thiazole rings is 1. The van der Waals surface area contributed by atoms with Crippen molar-refractivity contribution >= 4 is 57.1 Å². The number of carbonyl (C=O) groups is 1. The van der Waals surface area contributed by atoms with E-state index in [2.05, 4.69) is 57.3 Å². The Morgan fingerprint density at radius 1 is 1.16 bits per heavy atom. The zero-order chi connectivity index (χ0) is 22.0. The molecule has 0 aliphatic heterocycles. The first-order chi connectivity index (χ1) is 14.9. The van der Waals surface area contributed by atoms with Crippen LogP contribution in [0.25, 0.3) is 22.6 Å². The van der Waals surface area contributed by atoms with Gasteiger partial charge in [-0.25, -0.2) is 4.98 Å². The molecular formula is C21H20ClN5OS3. The lowest BCUT2D eigenvalue weighted by atomic mass is 10.2. The molecule has 0 saturated heterocycles. The predicted octanol–water partition coefficient (Wildman–Crippen LogP) is 6.40. The molecule has 0 bridgehead atoms. The molecule has 31 heavy (non-hydrogen) atoms. The van der Waals surface area contributed by atoms with Gasteiger partial charge in [0.25, 0.3) is 0 Å². The second kappa shape index (κ2) is 9.52. The summed E-state index contributed by atoms with van der Waals surface area (Å²) >= 11 is 10.4. The van der Waals surface area contributed by atoms with Crippen LogP contribution >= 0.6 is 46.0 Å². The Morgan fingerprint density at radius 2 is 1.94 bits per heavy atom. The first-order valence-corrected chi connectivity index (χ1v) is 12.7. The van der Waals surface area contributed by atoms with E-state index in [-0.39, 0.29) is 17.7 Å². The highest BCUT2D eigenvalue weighted by molar-refractivity contribution is 7.99. The molecule has 6 nitrogen and oxygen atoms in total. The fourth-order valence-corrected chi connectivity index (χ4v) is 5.38. The number of thioether (sulfide) groups is 1. The standard InChI is InChI=1S/C21H20ClN5OS3/c1-12(2)27-19(15-8-13(3)29-9-15)25-26-21(27)31-11-18(28)24-20-23-17(10-30-20)14-4-6-16(22)7-5-14/h4-10,12H,11H2,1-3H3,(H,23,24,28). The first kappa shape index (κ1) is 22.0. The molecule has 0 saturated carbocycles. The smallest absolute Gasteiger partial charge is 0.236 e. The number of anilines is 1.